The number of carbonyl (C=O) groups is 1. The summed E-state index contributed by atoms with van der Waals surface area (Å²) in [5, 5.41) is 0. The lowest BCUT2D eigenvalue weighted by atomic mass is 10.1. The predicted molar refractivity (Wildman–Crippen MR) is 117 cm³/mol. The van der Waals surface area contributed by atoms with E-state index in [0.29, 0.717) is 13.1 Å². The first kappa shape index (κ1) is 19.3. The van der Waals surface area contributed by atoms with E-state index in [0.717, 1.165) is 52.3 Å². The maximum atomic E-state index is 13.1. The summed E-state index contributed by atoms with van der Waals surface area (Å²) in [6.07, 6.45) is 0. The van der Waals surface area contributed by atoms with E-state index in [4.69, 9.17) is 0 Å². The Bertz CT molecular complexity index is 864. The molecule has 1 fully saturated rings. The van der Waals surface area contributed by atoms with Gasteiger partial charge in [-0.1, -0.05) is 41.7 Å². The Labute approximate surface area is 173 Å². The zero-order valence-corrected chi connectivity index (χ0v) is 17.1. The van der Waals surface area contributed by atoms with Crippen molar-refractivity contribution < 1.29 is 9.18 Å². The van der Waals surface area contributed by atoms with Crippen LogP contribution in [-0.2, 0) is 5.75 Å². The number of benzene rings is 2. The maximum Gasteiger partial charge on any atom is 0.254 e. The number of piperazine rings is 1. The molecule has 0 aromatic heterocycles. The van der Waals surface area contributed by atoms with E-state index in [1.54, 1.807) is 35.7 Å². The molecule has 0 bridgehead atoms. The molecule has 1 amide bonds. The molecule has 0 atom stereocenters. The van der Waals surface area contributed by atoms with Crippen molar-refractivity contribution in [2.24, 2.45) is 4.99 Å². The second kappa shape index (κ2) is 9.01. The van der Waals surface area contributed by atoms with Gasteiger partial charge < -0.3 is 9.80 Å². The molecule has 0 N–H and O–H groups in total. The number of nitrogens with zero attached hydrogens (tertiary/aromatic N) is 3. The number of thioether (sulfide) groups is 2. The van der Waals surface area contributed by atoms with Gasteiger partial charge in [-0.2, -0.15) is 0 Å². The molecule has 0 unspecified atom stereocenters. The van der Waals surface area contributed by atoms with Crippen LogP contribution in [0.5, 0.6) is 0 Å². The Balaban J connectivity index is 1.39. The molecule has 7 heteroatoms. The molecule has 2 aliphatic heterocycles. The van der Waals surface area contributed by atoms with Gasteiger partial charge in [-0.15, -0.1) is 0 Å². The van der Waals surface area contributed by atoms with E-state index in [1.165, 1.54) is 12.1 Å². The normalized spacial score (nSPS) is 17.0. The number of amides is 1. The molecule has 2 aromatic carbocycles. The van der Waals surface area contributed by atoms with Crippen LogP contribution in [0.4, 0.5) is 10.1 Å². The predicted octanol–water partition coefficient (Wildman–Crippen LogP) is 4.12. The minimum Gasteiger partial charge on any atom is -0.368 e. The number of rotatable bonds is 4. The van der Waals surface area contributed by atoms with Crippen LogP contribution in [0.3, 0.4) is 0 Å². The fraction of sp³-hybridized carbons (Fsp3) is 0.333. The fourth-order valence-corrected chi connectivity index (χ4v) is 5.40. The van der Waals surface area contributed by atoms with Crippen LogP contribution < -0.4 is 4.90 Å². The number of anilines is 1. The molecule has 4 nitrogen and oxygen atoms in total. The summed E-state index contributed by atoms with van der Waals surface area (Å²) in [5.74, 6) is 1.69. The van der Waals surface area contributed by atoms with Gasteiger partial charge in [0.1, 0.15) is 10.2 Å². The monoisotopic (exact) mass is 415 g/mol. The highest BCUT2D eigenvalue weighted by atomic mass is 32.2. The molecular weight excluding hydrogens is 393 g/mol. The van der Waals surface area contributed by atoms with Gasteiger partial charge in [-0.25, -0.2) is 4.39 Å². The molecule has 0 spiro atoms. The van der Waals surface area contributed by atoms with Gasteiger partial charge in [0.2, 0.25) is 0 Å². The van der Waals surface area contributed by atoms with Gasteiger partial charge in [0, 0.05) is 48.9 Å². The van der Waals surface area contributed by atoms with Gasteiger partial charge in [-0.3, -0.25) is 9.79 Å². The number of hydrogen-bond acceptors (Lipinski definition) is 5. The van der Waals surface area contributed by atoms with E-state index in [1.807, 2.05) is 29.2 Å². The summed E-state index contributed by atoms with van der Waals surface area (Å²) in [5.41, 5.74) is 2.85. The Kier molecular flexibility index (Phi) is 6.22. The van der Waals surface area contributed by atoms with Crippen molar-refractivity contribution in [3.8, 4) is 0 Å². The van der Waals surface area contributed by atoms with E-state index >= 15 is 0 Å². The summed E-state index contributed by atoms with van der Waals surface area (Å²) in [6.45, 7) is 3.73. The topological polar surface area (TPSA) is 35.9 Å². The zero-order valence-electron chi connectivity index (χ0n) is 15.5. The molecule has 2 aliphatic rings. The van der Waals surface area contributed by atoms with Crippen molar-refractivity contribution in [2.75, 3.05) is 43.4 Å². The van der Waals surface area contributed by atoms with Crippen molar-refractivity contribution in [3.63, 3.8) is 0 Å². The molecule has 2 aromatic rings. The number of aliphatic imine (C=N–C) groups is 1. The molecule has 28 heavy (non-hydrogen) atoms. The summed E-state index contributed by atoms with van der Waals surface area (Å²) in [7, 11) is 0. The van der Waals surface area contributed by atoms with Crippen molar-refractivity contribution in [3.05, 3.63) is 65.5 Å². The van der Waals surface area contributed by atoms with Crippen molar-refractivity contribution in [2.45, 2.75) is 5.75 Å². The average Bonchev–Trinajstić information content (AvgIpc) is 3.26. The second-order valence-electron chi connectivity index (χ2n) is 6.70. The fourth-order valence-electron chi connectivity index (χ4n) is 3.39. The van der Waals surface area contributed by atoms with Crippen molar-refractivity contribution in [1.29, 1.82) is 0 Å². The average molecular weight is 416 g/mol. The third-order valence-corrected chi connectivity index (χ3v) is 7.22. The number of halogens is 1. The maximum absolute atomic E-state index is 13.1. The Morgan fingerprint density at radius 3 is 2.54 bits per heavy atom. The van der Waals surface area contributed by atoms with Crippen LogP contribution in [-0.4, -0.2) is 53.7 Å². The summed E-state index contributed by atoms with van der Waals surface area (Å²) in [4.78, 5) is 21.7. The Hall–Kier alpha value is -1.99. The highest BCUT2D eigenvalue weighted by Crippen LogP contribution is 2.27. The van der Waals surface area contributed by atoms with E-state index < -0.39 is 0 Å². The van der Waals surface area contributed by atoms with Crippen LogP contribution >= 0.6 is 23.5 Å². The molecule has 0 radical (unpaired) electrons. The second-order valence-corrected chi connectivity index (χ2v) is 9.00. The molecule has 0 aliphatic carbocycles. The van der Waals surface area contributed by atoms with Gasteiger partial charge in [-0.05, 0) is 35.9 Å². The first-order valence-corrected chi connectivity index (χ1v) is 11.4. The van der Waals surface area contributed by atoms with Crippen molar-refractivity contribution >= 4 is 39.5 Å². The van der Waals surface area contributed by atoms with E-state index in [-0.39, 0.29) is 11.7 Å². The molecular formula is C21H22FN3OS2. The van der Waals surface area contributed by atoms with E-state index in [2.05, 4.69) is 9.89 Å². The SMILES string of the molecule is O=C(c1ccccc1CSC1=NCCS1)N1CCN(c2ccc(F)cc2)CC1. The lowest BCUT2D eigenvalue weighted by molar-refractivity contribution is 0.0746. The first-order valence-electron chi connectivity index (χ1n) is 9.38. The Morgan fingerprint density at radius 2 is 1.82 bits per heavy atom. The van der Waals surface area contributed by atoms with Crippen LogP contribution in [0, 0.1) is 5.82 Å². The smallest absolute Gasteiger partial charge is 0.254 e. The zero-order chi connectivity index (χ0) is 19.3. The lowest BCUT2D eigenvalue weighted by Gasteiger charge is -2.36. The molecule has 146 valence electrons. The van der Waals surface area contributed by atoms with E-state index in [9.17, 15) is 9.18 Å². The quantitative estimate of drug-likeness (QED) is 0.753. The summed E-state index contributed by atoms with van der Waals surface area (Å²) in [6, 6.07) is 14.4. The third kappa shape index (κ3) is 4.52. The van der Waals surface area contributed by atoms with Gasteiger partial charge in [0.15, 0.2) is 0 Å². The van der Waals surface area contributed by atoms with Crippen LogP contribution in [0.1, 0.15) is 15.9 Å². The molecule has 2 heterocycles. The number of carbonyl (C=O) groups excluding carboxylic acids is 1. The molecule has 4 rings (SSSR count). The standard InChI is InChI=1S/C21H22FN3OS2/c22-17-5-7-18(8-6-17)24-10-12-25(13-11-24)20(26)19-4-2-1-3-16(19)15-28-21-23-9-14-27-21/h1-8H,9-15H2. The van der Waals surface area contributed by atoms with Crippen LogP contribution in [0.2, 0.25) is 0 Å². The third-order valence-electron chi connectivity index (χ3n) is 4.92. The highest BCUT2D eigenvalue weighted by Gasteiger charge is 2.24. The van der Waals surface area contributed by atoms with Gasteiger partial charge >= 0.3 is 0 Å². The minimum absolute atomic E-state index is 0.0935. The highest BCUT2D eigenvalue weighted by molar-refractivity contribution is 8.38. The first-order chi connectivity index (χ1) is 13.7. The molecule has 1 saturated heterocycles. The van der Waals surface area contributed by atoms with Crippen molar-refractivity contribution in [1.82, 2.24) is 4.90 Å². The summed E-state index contributed by atoms with van der Waals surface area (Å²) < 4.78 is 14.2. The Morgan fingerprint density at radius 1 is 1.07 bits per heavy atom. The number of hydrogen-bond donors (Lipinski definition) is 0. The largest absolute Gasteiger partial charge is 0.368 e. The van der Waals surface area contributed by atoms with Gasteiger partial charge in [0.25, 0.3) is 5.91 Å². The lowest BCUT2D eigenvalue weighted by Crippen LogP contribution is -2.49. The molecule has 0 saturated carbocycles. The van der Waals surface area contributed by atoms with Crippen LogP contribution in [0.25, 0.3) is 0 Å². The van der Waals surface area contributed by atoms with Gasteiger partial charge in [0.05, 0.1) is 6.54 Å². The van der Waals surface area contributed by atoms with Crippen LogP contribution in [0.15, 0.2) is 53.5 Å². The minimum atomic E-state index is -0.228. The summed E-state index contributed by atoms with van der Waals surface area (Å²) >= 11 is 3.51.